The van der Waals surface area contributed by atoms with Crippen LogP contribution in [-0.4, -0.2) is 58.2 Å². The summed E-state index contributed by atoms with van der Waals surface area (Å²) in [5.41, 5.74) is -1.26. The Morgan fingerprint density at radius 3 is 2.22 bits per heavy atom. The fraction of sp³-hybridized carbons (Fsp3) is 0.533. The highest BCUT2D eigenvalue weighted by Crippen LogP contribution is 2.36. The van der Waals surface area contributed by atoms with Gasteiger partial charge in [-0.1, -0.05) is 12.1 Å². The first-order valence-corrected chi connectivity index (χ1v) is 11.1. The normalized spacial score (nSPS) is 17.6. The Balaban J connectivity index is 2.20. The van der Waals surface area contributed by atoms with Crippen LogP contribution < -0.4 is 5.32 Å². The van der Waals surface area contributed by atoms with Crippen molar-refractivity contribution in [3.05, 3.63) is 29.8 Å². The number of carbonyl (C=O) groups excluding carboxylic acids is 1. The second-order valence-electron chi connectivity index (χ2n) is 6.08. The van der Waals surface area contributed by atoms with Gasteiger partial charge in [0.25, 0.3) is 0 Å². The Morgan fingerprint density at radius 2 is 1.70 bits per heavy atom. The molecule has 0 unspecified atom stereocenters. The molecule has 12 heteroatoms. The number of halogens is 3. The standard InChI is InChI=1S/C15H19F3N2O5S2/c1-19-14(21)10-26(22,23)11-6-8-20(9-7-11)27(24,25)13-5-3-2-4-12(13)15(16,17)18/h2-5,11H,6-10H2,1H3,(H,19,21). The number of nitrogens with one attached hydrogen (secondary N) is 1. The van der Waals surface area contributed by atoms with E-state index >= 15 is 0 Å². The van der Waals surface area contributed by atoms with Gasteiger partial charge in [0.15, 0.2) is 9.84 Å². The summed E-state index contributed by atoms with van der Waals surface area (Å²) in [6.07, 6.45) is -5.02. The van der Waals surface area contributed by atoms with Gasteiger partial charge in [0, 0.05) is 20.1 Å². The van der Waals surface area contributed by atoms with Gasteiger partial charge < -0.3 is 5.32 Å². The Bertz CT molecular complexity index is 906. The molecule has 1 aliphatic rings. The molecule has 27 heavy (non-hydrogen) atoms. The van der Waals surface area contributed by atoms with Crippen molar-refractivity contribution in [1.82, 2.24) is 9.62 Å². The molecule has 2 rings (SSSR count). The lowest BCUT2D eigenvalue weighted by Crippen LogP contribution is -2.44. The van der Waals surface area contributed by atoms with Gasteiger partial charge in [0.05, 0.1) is 15.7 Å². The summed E-state index contributed by atoms with van der Waals surface area (Å²) in [6, 6.07) is 3.86. The van der Waals surface area contributed by atoms with Crippen molar-refractivity contribution in [3.63, 3.8) is 0 Å². The van der Waals surface area contributed by atoms with E-state index in [0.29, 0.717) is 6.07 Å². The van der Waals surface area contributed by atoms with Crippen molar-refractivity contribution in [2.24, 2.45) is 0 Å². The van der Waals surface area contributed by atoms with Gasteiger partial charge in [0.2, 0.25) is 15.9 Å². The Hall–Kier alpha value is -1.66. The number of piperidine rings is 1. The first-order valence-electron chi connectivity index (χ1n) is 7.98. The molecule has 7 nitrogen and oxygen atoms in total. The van der Waals surface area contributed by atoms with Gasteiger partial charge in [-0.25, -0.2) is 16.8 Å². The lowest BCUT2D eigenvalue weighted by molar-refractivity contribution is -0.140. The summed E-state index contributed by atoms with van der Waals surface area (Å²) in [5.74, 6) is -1.39. The van der Waals surface area contributed by atoms with Gasteiger partial charge in [-0.2, -0.15) is 17.5 Å². The molecule has 1 aromatic carbocycles. The molecule has 152 valence electrons. The average molecular weight is 428 g/mol. The number of sulfone groups is 1. The topological polar surface area (TPSA) is 101 Å². The monoisotopic (exact) mass is 428 g/mol. The van der Waals surface area contributed by atoms with E-state index in [4.69, 9.17) is 0 Å². The van der Waals surface area contributed by atoms with Crippen LogP contribution in [0.15, 0.2) is 29.2 Å². The van der Waals surface area contributed by atoms with E-state index < -0.39 is 53.4 Å². The largest absolute Gasteiger partial charge is 0.417 e. The summed E-state index contributed by atoms with van der Waals surface area (Å²) in [4.78, 5) is 10.4. The van der Waals surface area contributed by atoms with Crippen LogP contribution in [-0.2, 0) is 30.8 Å². The fourth-order valence-corrected chi connectivity index (χ4v) is 6.23. The third-order valence-electron chi connectivity index (χ3n) is 4.33. The lowest BCUT2D eigenvalue weighted by Gasteiger charge is -2.31. The van der Waals surface area contributed by atoms with E-state index in [0.717, 1.165) is 16.4 Å². The SMILES string of the molecule is CNC(=O)CS(=O)(=O)C1CCN(S(=O)(=O)c2ccccc2C(F)(F)F)CC1. The van der Waals surface area contributed by atoms with Crippen LogP contribution in [0.1, 0.15) is 18.4 Å². The predicted octanol–water partition coefficient (Wildman–Crippen LogP) is 1.02. The number of amides is 1. The van der Waals surface area contributed by atoms with Crippen LogP contribution in [0.4, 0.5) is 13.2 Å². The van der Waals surface area contributed by atoms with Crippen LogP contribution in [0.25, 0.3) is 0 Å². The highest BCUT2D eigenvalue weighted by atomic mass is 32.2. The van der Waals surface area contributed by atoms with Gasteiger partial charge in [-0.05, 0) is 25.0 Å². The molecule has 1 amide bonds. The van der Waals surface area contributed by atoms with Crippen molar-refractivity contribution in [3.8, 4) is 0 Å². The molecule has 0 aromatic heterocycles. The van der Waals surface area contributed by atoms with E-state index in [-0.39, 0.29) is 25.9 Å². The molecule has 0 radical (unpaired) electrons. The number of hydrogen-bond acceptors (Lipinski definition) is 5. The van der Waals surface area contributed by atoms with Gasteiger partial charge in [0.1, 0.15) is 5.75 Å². The summed E-state index contributed by atoms with van der Waals surface area (Å²) < 4.78 is 89.9. The Kier molecular flexibility index (Phi) is 6.22. The maximum absolute atomic E-state index is 13.1. The molecule has 0 bridgehead atoms. The second kappa shape index (κ2) is 7.76. The minimum absolute atomic E-state index is 0.0905. The number of carbonyl (C=O) groups is 1. The van der Waals surface area contributed by atoms with Crippen LogP contribution in [0.3, 0.4) is 0 Å². The average Bonchev–Trinajstić information content (AvgIpc) is 2.60. The lowest BCUT2D eigenvalue weighted by atomic mass is 10.2. The molecule has 0 saturated carbocycles. The number of benzene rings is 1. The number of hydrogen-bond donors (Lipinski definition) is 1. The molecule has 1 N–H and O–H groups in total. The Morgan fingerprint density at radius 1 is 1.15 bits per heavy atom. The number of nitrogens with zero attached hydrogens (tertiary/aromatic N) is 1. The zero-order valence-corrected chi connectivity index (χ0v) is 16.0. The smallest absolute Gasteiger partial charge is 0.358 e. The van der Waals surface area contributed by atoms with Crippen LogP contribution in [0, 0.1) is 0 Å². The molecular formula is C15H19F3N2O5S2. The van der Waals surface area contributed by atoms with Crippen molar-refractivity contribution in [1.29, 1.82) is 0 Å². The van der Waals surface area contributed by atoms with Gasteiger partial charge in [-0.15, -0.1) is 0 Å². The van der Waals surface area contributed by atoms with Crippen molar-refractivity contribution < 1.29 is 34.8 Å². The van der Waals surface area contributed by atoms with Crippen molar-refractivity contribution in [2.75, 3.05) is 25.9 Å². The minimum atomic E-state index is -4.83. The maximum atomic E-state index is 13.1. The highest BCUT2D eigenvalue weighted by Gasteiger charge is 2.41. The first-order chi connectivity index (χ1) is 12.4. The highest BCUT2D eigenvalue weighted by molar-refractivity contribution is 7.92. The first kappa shape index (κ1) is 21.6. The third kappa shape index (κ3) is 4.79. The van der Waals surface area contributed by atoms with Crippen LogP contribution in [0.5, 0.6) is 0 Å². The number of alkyl halides is 3. The van der Waals surface area contributed by atoms with Gasteiger partial charge in [-0.3, -0.25) is 4.79 Å². The maximum Gasteiger partial charge on any atom is 0.417 e. The van der Waals surface area contributed by atoms with Crippen LogP contribution in [0.2, 0.25) is 0 Å². The molecule has 0 aliphatic carbocycles. The molecule has 1 saturated heterocycles. The summed E-state index contributed by atoms with van der Waals surface area (Å²) >= 11 is 0. The van der Waals surface area contributed by atoms with E-state index in [1.165, 1.54) is 13.1 Å². The molecule has 0 atom stereocenters. The zero-order valence-electron chi connectivity index (χ0n) is 14.4. The summed E-state index contributed by atoms with van der Waals surface area (Å²) in [7, 11) is -6.91. The Labute approximate surface area is 155 Å². The molecule has 1 heterocycles. The van der Waals surface area contributed by atoms with Crippen LogP contribution >= 0.6 is 0 Å². The predicted molar refractivity (Wildman–Crippen MR) is 91.1 cm³/mol. The number of rotatable bonds is 5. The zero-order chi connectivity index (χ0) is 20.5. The van der Waals surface area contributed by atoms with E-state index in [2.05, 4.69) is 5.32 Å². The molecule has 1 fully saturated rings. The van der Waals surface area contributed by atoms with E-state index in [1.807, 2.05) is 0 Å². The van der Waals surface area contributed by atoms with Crippen molar-refractivity contribution >= 4 is 25.8 Å². The van der Waals surface area contributed by atoms with E-state index in [9.17, 15) is 34.8 Å². The third-order valence-corrected chi connectivity index (χ3v) is 8.44. The van der Waals surface area contributed by atoms with E-state index in [1.54, 1.807) is 0 Å². The molecule has 1 aromatic rings. The fourth-order valence-electron chi connectivity index (χ4n) is 2.87. The molecule has 1 aliphatic heterocycles. The van der Waals surface area contributed by atoms with Gasteiger partial charge >= 0.3 is 6.18 Å². The number of sulfonamides is 1. The minimum Gasteiger partial charge on any atom is -0.358 e. The second-order valence-corrected chi connectivity index (χ2v) is 10.3. The summed E-state index contributed by atoms with van der Waals surface area (Å²) in [6.45, 7) is -0.488. The molecule has 0 spiro atoms. The molecular weight excluding hydrogens is 409 g/mol. The van der Waals surface area contributed by atoms with Crippen molar-refractivity contribution in [2.45, 2.75) is 29.2 Å². The quantitative estimate of drug-likeness (QED) is 0.755. The summed E-state index contributed by atoms with van der Waals surface area (Å²) in [5, 5.41) is 1.29.